The number of aliphatic hydroxyl groups excluding tert-OH is 1. The number of rotatable bonds is 9. The van der Waals surface area contributed by atoms with Crippen LogP contribution in [0.15, 0.2) is 18.2 Å². The van der Waals surface area contributed by atoms with Crippen LogP contribution in [0.25, 0.3) is 0 Å². The highest BCUT2D eigenvalue weighted by atomic mass is 16.5. The first-order valence-electron chi connectivity index (χ1n) is 7.83. The van der Waals surface area contributed by atoms with E-state index in [0.29, 0.717) is 12.6 Å². The predicted octanol–water partition coefficient (Wildman–Crippen LogP) is 3.00. The van der Waals surface area contributed by atoms with Crippen molar-refractivity contribution >= 4 is 0 Å². The standard InChI is InChI=1S/C17H27NO3/c1-4-5-10-18(13-6-7-13)12-16(19)15-11-14(20-2)8-9-17(15)21-3/h8-9,11,13,16,19H,4-7,10,12H2,1-3H3. The molecule has 1 aromatic carbocycles. The van der Waals surface area contributed by atoms with Crippen molar-refractivity contribution in [1.82, 2.24) is 4.90 Å². The Balaban J connectivity index is 2.08. The van der Waals surface area contributed by atoms with E-state index in [0.717, 1.165) is 23.6 Å². The van der Waals surface area contributed by atoms with E-state index < -0.39 is 6.10 Å². The van der Waals surface area contributed by atoms with Gasteiger partial charge in [0.2, 0.25) is 0 Å². The molecular weight excluding hydrogens is 266 g/mol. The van der Waals surface area contributed by atoms with Crippen molar-refractivity contribution in [2.45, 2.75) is 44.8 Å². The second kappa shape index (κ2) is 7.66. The van der Waals surface area contributed by atoms with Crippen molar-refractivity contribution in [3.63, 3.8) is 0 Å². The third-order valence-electron chi connectivity index (χ3n) is 4.07. The van der Waals surface area contributed by atoms with E-state index in [1.807, 2.05) is 18.2 Å². The number of aliphatic hydroxyl groups is 1. The van der Waals surface area contributed by atoms with Crippen LogP contribution in [-0.4, -0.2) is 43.4 Å². The van der Waals surface area contributed by atoms with E-state index in [1.165, 1.54) is 25.7 Å². The molecule has 118 valence electrons. The first-order chi connectivity index (χ1) is 10.2. The van der Waals surface area contributed by atoms with Crippen molar-refractivity contribution in [3.05, 3.63) is 23.8 Å². The number of methoxy groups -OCH3 is 2. The van der Waals surface area contributed by atoms with E-state index in [2.05, 4.69) is 11.8 Å². The molecule has 0 aliphatic heterocycles. The molecule has 0 radical (unpaired) electrons. The summed E-state index contributed by atoms with van der Waals surface area (Å²) in [7, 11) is 3.27. The average Bonchev–Trinajstić information content (AvgIpc) is 3.35. The van der Waals surface area contributed by atoms with Crippen LogP contribution in [0.4, 0.5) is 0 Å². The van der Waals surface area contributed by atoms with Gasteiger partial charge in [-0.15, -0.1) is 0 Å². The summed E-state index contributed by atoms with van der Waals surface area (Å²) in [6.07, 6.45) is 4.32. The molecule has 0 spiro atoms. The van der Waals surface area contributed by atoms with Crippen LogP contribution in [0.3, 0.4) is 0 Å². The second-order valence-electron chi connectivity index (χ2n) is 5.70. The van der Waals surface area contributed by atoms with Crippen molar-refractivity contribution in [2.75, 3.05) is 27.3 Å². The third-order valence-corrected chi connectivity index (χ3v) is 4.07. The molecule has 0 bridgehead atoms. The number of hydrogen-bond donors (Lipinski definition) is 1. The lowest BCUT2D eigenvalue weighted by atomic mass is 10.1. The van der Waals surface area contributed by atoms with Gasteiger partial charge < -0.3 is 14.6 Å². The zero-order valence-electron chi connectivity index (χ0n) is 13.3. The molecule has 0 saturated heterocycles. The lowest BCUT2D eigenvalue weighted by Crippen LogP contribution is -2.31. The summed E-state index contributed by atoms with van der Waals surface area (Å²) in [4.78, 5) is 2.41. The molecule has 1 aliphatic rings. The van der Waals surface area contributed by atoms with Crippen LogP contribution < -0.4 is 9.47 Å². The summed E-state index contributed by atoms with van der Waals surface area (Å²) in [5.41, 5.74) is 0.805. The fourth-order valence-corrected chi connectivity index (χ4v) is 2.64. The third kappa shape index (κ3) is 4.35. The van der Waals surface area contributed by atoms with E-state index in [-0.39, 0.29) is 0 Å². The van der Waals surface area contributed by atoms with Crippen LogP contribution >= 0.6 is 0 Å². The van der Waals surface area contributed by atoms with Crippen LogP contribution in [0.2, 0.25) is 0 Å². The van der Waals surface area contributed by atoms with Crippen molar-refractivity contribution in [3.8, 4) is 11.5 Å². The summed E-state index contributed by atoms with van der Waals surface area (Å²) in [5, 5.41) is 10.6. The molecule has 21 heavy (non-hydrogen) atoms. The normalized spacial score (nSPS) is 16.0. The van der Waals surface area contributed by atoms with Crippen LogP contribution in [0.1, 0.15) is 44.3 Å². The molecule has 1 aromatic rings. The zero-order valence-corrected chi connectivity index (χ0v) is 13.3. The van der Waals surface area contributed by atoms with Crippen LogP contribution in [-0.2, 0) is 0 Å². The summed E-state index contributed by atoms with van der Waals surface area (Å²) in [6, 6.07) is 6.23. The Bertz CT molecular complexity index is 446. The van der Waals surface area contributed by atoms with Crippen molar-refractivity contribution < 1.29 is 14.6 Å². The van der Waals surface area contributed by atoms with Crippen molar-refractivity contribution in [1.29, 1.82) is 0 Å². The molecule has 4 nitrogen and oxygen atoms in total. The zero-order chi connectivity index (χ0) is 15.2. The van der Waals surface area contributed by atoms with E-state index >= 15 is 0 Å². The summed E-state index contributed by atoms with van der Waals surface area (Å²) in [5.74, 6) is 1.46. The van der Waals surface area contributed by atoms with Gasteiger partial charge in [-0.05, 0) is 44.0 Å². The molecule has 1 unspecified atom stereocenters. The predicted molar refractivity (Wildman–Crippen MR) is 84.0 cm³/mol. The van der Waals surface area contributed by atoms with Gasteiger partial charge in [-0.3, -0.25) is 4.90 Å². The molecule has 1 N–H and O–H groups in total. The molecule has 1 fully saturated rings. The average molecular weight is 293 g/mol. The fraction of sp³-hybridized carbons (Fsp3) is 0.647. The van der Waals surface area contributed by atoms with Crippen LogP contribution in [0.5, 0.6) is 11.5 Å². The number of unbranched alkanes of at least 4 members (excludes halogenated alkanes) is 1. The van der Waals surface area contributed by atoms with E-state index in [9.17, 15) is 5.11 Å². The lowest BCUT2D eigenvalue weighted by molar-refractivity contribution is 0.105. The Morgan fingerprint density at radius 2 is 2.05 bits per heavy atom. The van der Waals surface area contributed by atoms with Gasteiger partial charge in [0, 0.05) is 18.2 Å². The SMILES string of the molecule is CCCCN(CC(O)c1cc(OC)ccc1OC)C1CC1. The lowest BCUT2D eigenvalue weighted by Gasteiger charge is -2.26. The topological polar surface area (TPSA) is 41.9 Å². The van der Waals surface area contributed by atoms with E-state index in [4.69, 9.17) is 9.47 Å². The number of benzene rings is 1. The molecule has 1 atom stereocenters. The van der Waals surface area contributed by atoms with Gasteiger partial charge >= 0.3 is 0 Å². The largest absolute Gasteiger partial charge is 0.497 e. The minimum absolute atomic E-state index is 0.549. The molecule has 4 heteroatoms. The van der Waals surface area contributed by atoms with Gasteiger partial charge in [0.1, 0.15) is 11.5 Å². The Morgan fingerprint density at radius 1 is 1.29 bits per heavy atom. The van der Waals surface area contributed by atoms with Gasteiger partial charge in [-0.2, -0.15) is 0 Å². The number of ether oxygens (including phenoxy) is 2. The second-order valence-corrected chi connectivity index (χ2v) is 5.70. The molecular formula is C17H27NO3. The molecule has 2 rings (SSSR count). The maximum atomic E-state index is 10.6. The number of hydrogen-bond acceptors (Lipinski definition) is 4. The highest BCUT2D eigenvalue weighted by molar-refractivity contribution is 5.41. The minimum atomic E-state index is -0.549. The minimum Gasteiger partial charge on any atom is -0.497 e. The van der Waals surface area contributed by atoms with Gasteiger partial charge in [0.25, 0.3) is 0 Å². The summed E-state index contributed by atoms with van der Waals surface area (Å²) >= 11 is 0. The smallest absolute Gasteiger partial charge is 0.124 e. The van der Waals surface area contributed by atoms with Gasteiger partial charge in [-0.1, -0.05) is 13.3 Å². The van der Waals surface area contributed by atoms with Crippen molar-refractivity contribution in [2.24, 2.45) is 0 Å². The monoisotopic (exact) mass is 293 g/mol. The first-order valence-corrected chi connectivity index (χ1v) is 7.83. The maximum Gasteiger partial charge on any atom is 0.124 e. The molecule has 1 saturated carbocycles. The number of nitrogens with zero attached hydrogens (tertiary/aromatic N) is 1. The summed E-state index contributed by atoms with van der Waals surface area (Å²) in [6.45, 7) is 3.92. The molecule has 0 heterocycles. The van der Waals surface area contributed by atoms with E-state index in [1.54, 1.807) is 14.2 Å². The maximum absolute atomic E-state index is 10.6. The summed E-state index contributed by atoms with van der Waals surface area (Å²) < 4.78 is 10.6. The Kier molecular flexibility index (Phi) is 5.88. The highest BCUT2D eigenvalue weighted by Gasteiger charge is 2.30. The van der Waals surface area contributed by atoms with Crippen LogP contribution in [0, 0.1) is 0 Å². The molecule has 0 aromatic heterocycles. The Morgan fingerprint density at radius 3 is 2.62 bits per heavy atom. The fourth-order valence-electron chi connectivity index (χ4n) is 2.64. The van der Waals surface area contributed by atoms with Gasteiger partial charge in [-0.25, -0.2) is 0 Å². The molecule has 1 aliphatic carbocycles. The molecule has 0 amide bonds. The Hall–Kier alpha value is -1.26. The highest BCUT2D eigenvalue weighted by Crippen LogP contribution is 2.33. The van der Waals surface area contributed by atoms with Gasteiger partial charge in [0.15, 0.2) is 0 Å². The quantitative estimate of drug-likeness (QED) is 0.760. The first kappa shape index (κ1) is 16.1. The Labute approximate surface area is 127 Å². The van der Waals surface area contributed by atoms with Gasteiger partial charge in [0.05, 0.1) is 20.3 Å².